The van der Waals surface area contributed by atoms with Crippen LogP contribution in [0.4, 0.5) is 0 Å². The van der Waals surface area contributed by atoms with Crippen LogP contribution in [0.5, 0.6) is 0 Å². The van der Waals surface area contributed by atoms with Crippen molar-refractivity contribution in [2.75, 3.05) is 6.54 Å². The van der Waals surface area contributed by atoms with E-state index in [2.05, 4.69) is 9.97 Å². The van der Waals surface area contributed by atoms with Crippen molar-refractivity contribution in [3.8, 4) is 0 Å². The van der Waals surface area contributed by atoms with Crippen molar-refractivity contribution >= 4 is 11.8 Å². The molecule has 26 heavy (non-hydrogen) atoms. The molecule has 2 aromatic heterocycles. The Kier molecular flexibility index (Phi) is 4.65. The third-order valence-corrected chi connectivity index (χ3v) is 4.99. The van der Waals surface area contributed by atoms with E-state index < -0.39 is 0 Å². The van der Waals surface area contributed by atoms with Crippen molar-refractivity contribution in [2.45, 2.75) is 38.4 Å². The Bertz CT molecular complexity index is 777. The predicted molar refractivity (Wildman–Crippen MR) is 95.6 cm³/mol. The summed E-state index contributed by atoms with van der Waals surface area (Å²) in [5.74, 6) is -0.136. The third kappa shape index (κ3) is 3.74. The largest absolute Gasteiger partial charge is 0.336 e. The van der Waals surface area contributed by atoms with E-state index in [-0.39, 0.29) is 17.7 Å². The molecule has 0 spiro atoms. The fourth-order valence-corrected chi connectivity index (χ4v) is 3.47. The van der Waals surface area contributed by atoms with Gasteiger partial charge in [-0.3, -0.25) is 19.6 Å². The summed E-state index contributed by atoms with van der Waals surface area (Å²) in [4.78, 5) is 37.6. The number of nitrogens with zero attached hydrogens (tertiary/aromatic N) is 4. The maximum atomic E-state index is 13.1. The molecule has 6 nitrogen and oxygen atoms in total. The number of hydrogen-bond acceptors (Lipinski definition) is 4. The van der Waals surface area contributed by atoms with Crippen LogP contribution in [0.25, 0.3) is 0 Å². The van der Waals surface area contributed by atoms with E-state index in [1.54, 1.807) is 23.5 Å². The predicted octanol–water partition coefficient (Wildman–Crippen LogP) is 2.02. The molecule has 0 unspecified atom stereocenters. The van der Waals surface area contributed by atoms with Crippen molar-refractivity contribution in [1.82, 2.24) is 19.8 Å². The van der Waals surface area contributed by atoms with Crippen LogP contribution in [0, 0.1) is 5.92 Å². The average molecular weight is 350 g/mol. The molecule has 0 bridgehead atoms. The zero-order valence-electron chi connectivity index (χ0n) is 14.6. The molecule has 0 N–H and O–H groups in total. The number of likely N-dealkylation sites (tertiary alicyclic amines) is 1. The summed E-state index contributed by atoms with van der Waals surface area (Å²) in [5.41, 5.74) is 1.88. The van der Waals surface area contributed by atoms with Gasteiger partial charge < -0.3 is 9.80 Å². The number of carbonyl (C=O) groups is 2. The second-order valence-corrected chi connectivity index (χ2v) is 7.05. The first kappa shape index (κ1) is 16.7. The number of amides is 2. The van der Waals surface area contributed by atoms with E-state index in [0.29, 0.717) is 32.1 Å². The molecule has 134 valence electrons. The molecule has 2 amide bonds. The monoisotopic (exact) mass is 350 g/mol. The van der Waals surface area contributed by atoms with Gasteiger partial charge in [-0.1, -0.05) is 12.1 Å². The quantitative estimate of drug-likeness (QED) is 0.799. The first-order valence-electron chi connectivity index (χ1n) is 9.08. The minimum atomic E-state index is -0.261. The molecule has 2 fully saturated rings. The first-order chi connectivity index (χ1) is 12.7. The Labute approximate surface area is 152 Å². The van der Waals surface area contributed by atoms with Crippen LogP contribution in [0.15, 0.2) is 48.9 Å². The van der Waals surface area contributed by atoms with E-state index in [9.17, 15) is 9.59 Å². The van der Waals surface area contributed by atoms with Gasteiger partial charge in [-0.25, -0.2) is 0 Å². The topological polar surface area (TPSA) is 66.4 Å². The molecule has 6 heteroatoms. The van der Waals surface area contributed by atoms with Gasteiger partial charge in [-0.05, 0) is 36.6 Å². The fourth-order valence-electron chi connectivity index (χ4n) is 3.47. The lowest BCUT2D eigenvalue weighted by atomic mass is 10.1. The van der Waals surface area contributed by atoms with Crippen LogP contribution in [0.2, 0.25) is 0 Å². The van der Waals surface area contributed by atoms with Gasteiger partial charge >= 0.3 is 0 Å². The van der Waals surface area contributed by atoms with E-state index in [0.717, 1.165) is 24.1 Å². The lowest BCUT2D eigenvalue weighted by molar-refractivity contribution is -0.137. The standard InChI is InChI=1S/C20H22N4O2/c25-19-10-16(13-23(19)14-17-5-1-2-9-22-17)20(26)24(18-6-7-18)12-15-4-3-8-21-11-15/h1-5,8-9,11,16,18H,6-7,10,12-14H2/t16-/m0/s1. The number of hydrogen-bond donors (Lipinski definition) is 0. The van der Waals surface area contributed by atoms with E-state index in [1.165, 1.54) is 0 Å². The van der Waals surface area contributed by atoms with Crippen LogP contribution in [0.3, 0.4) is 0 Å². The first-order valence-corrected chi connectivity index (χ1v) is 9.08. The summed E-state index contributed by atoms with van der Waals surface area (Å²) >= 11 is 0. The van der Waals surface area contributed by atoms with Gasteiger partial charge in [0.15, 0.2) is 0 Å². The summed E-state index contributed by atoms with van der Waals surface area (Å²) in [6, 6.07) is 9.85. The minimum absolute atomic E-state index is 0.0335. The van der Waals surface area contributed by atoms with Crippen LogP contribution < -0.4 is 0 Å². The second kappa shape index (κ2) is 7.23. The second-order valence-electron chi connectivity index (χ2n) is 7.05. The molecule has 1 aliphatic heterocycles. The molecular weight excluding hydrogens is 328 g/mol. The fraction of sp³-hybridized carbons (Fsp3) is 0.400. The summed E-state index contributed by atoms with van der Waals surface area (Å²) in [6.45, 7) is 1.52. The summed E-state index contributed by atoms with van der Waals surface area (Å²) in [5, 5.41) is 0. The van der Waals surface area contributed by atoms with Crippen LogP contribution in [0.1, 0.15) is 30.5 Å². The number of carbonyl (C=O) groups excluding carboxylic acids is 2. The van der Waals surface area contributed by atoms with Gasteiger partial charge in [0.1, 0.15) is 0 Å². The van der Waals surface area contributed by atoms with E-state index >= 15 is 0 Å². The van der Waals surface area contributed by atoms with E-state index in [1.807, 2.05) is 35.2 Å². The Morgan fingerprint density at radius 3 is 2.77 bits per heavy atom. The van der Waals surface area contributed by atoms with Crippen molar-refractivity contribution in [3.05, 3.63) is 60.2 Å². The molecule has 4 rings (SSSR count). The smallest absolute Gasteiger partial charge is 0.228 e. The maximum absolute atomic E-state index is 13.1. The van der Waals surface area contributed by atoms with E-state index in [4.69, 9.17) is 0 Å². The zero-order chi connectivity index (χ0) is 17.9. The molecule has 3 heterocycles. The molecule has 1 saturated carbocycles. The summed E-state index contributed by atoms with van der Waals surface area (Å²) < 4.78 is 0. The third-order valence-electron chi connectivity index (χ3n) is 4.99. The van der Waals surface area contributed by atoms with Crippen LogP contribution >= 0.6 is 0 Å². The molecule has 2 aliphatic rings. The minimum Gasteiger partial charge on any atom is -0.336 e. The zero-order valence-corrected chi connectivity index (χ0v) is 14.6. The van der Waals surface area contributed by atoms with Gasteiger partial charge in [-0.2, -0.15) is 0 Å². The van der Waals surface area contributed by atoms with Crippen molar-refractivity contribution < 1.29 is 9.59 Å². The van der Waals surface area contributed by atoms with Gasteiger partial charge in [0.25, 0.3) is 0 Å². The highest BCUT2D eigenvalue weighted by atomic mass is 16.2. The van der Waals surface area contributed by atoms with Crippen LogP contribution in [-0.4, -0.2) is 44.2 Å². The molecule has 0 aromatic carbocycles. The SMILES string of the molecule is O=C1C[C@H](C(=O)N(Cc2cccnc2)C2CC2)CN1Cc1ccccn1. The number of aromatic nitrogens is 2. The van der Waals surface area contributed by atoms with Crippen molar-refractivity contribution in [3.63, 3.8) is 0 Å². The maximum Gasteiger partial charge on any atom is 0.228 e. The molecular formula is C20H22N4O2. The normalized spacial score (nSPS) is 19.6. The van der Waals surface area contributed by atoms with Gasteiger partial charge in [0, 0.05) is 44.1 Å². The number of pyridine rings is 2. The van der Waals surface area contributed by atoms with Crippen molar-refractivity contribution in [1.29, 1.82) is 0 Å². The summed E-state index contributed by atoms with van der Waals surface area (Å²) in [6.07, 6.45) is 7.64. The lowest BCUT2D eigenvalue weighted by Crippen LogP contribution is -2.38. The van der Waals surface area contributed by atoms with Gasteiger partial charge in [0.05, 0.1) is 18.2 Å². The molecule has 0 radical (unpaired) electrons. The van der Waals surface area contributed by atoms with Gasteiger partial charge in [0.2, 0.25) is 11.8 Å². The average Bonchev–Trinajstić information content (AvgIpc) is 3.45. The van der Waals surface area contributed by atoms with Crippen LogP contribution in [-0.2, 0) is 22.7 Å². The molecule has 1 saturated heterocycles. The summed E-state index contributed by atoms with van der Waals surface area (Å²) in [7, 11) is 0. The lowest BCUT2D eigenvalue weighted by Gasteiger charge is -2.25. The Morgan fingerprint density at radius 2 is 2.08 bits per heavy atom. The highest BCUT2D eigenvalue weighted by Gasteiger charge is 2.41. The Balaban J connectivity index is 1.42. The molecule has 1 aliphatic carbocycles. The van der Waals surface area contributed by atoms with Gasteiger partial charge in [-0.15, -0.1) is 0 Å². The molecule has 1 atom stereocenters. The number of rotatable bonds is 6. The highest BCUT2D eigenvalue weighted by molar-refractivity contribution is 5.89. The Hall–Kier alpha value is -2.76. The Morgan fingerprint density at radius 1 is 1.19 bits per heavy atom. The highest BCUT2D eigenvalue weighted by Crippen LogP contribution is 2.32. The molecule has 2 aromatic rings. The van der Waals surface area contributed by atoms with Crippen molar-refractivity contribution in [2.24, 2.45) is 5.92 Å².